The van der Waals surface area contributed by atoms with Crippen LogP contribution in [0.1, 0.15) is 36.7 Å². The Morgan fingerprint density at radius 2 is 2.12 bits per heavy atom. The molecule has 0 saturated carbocycles. The van der Waals surface area contributed by atoms with E-state index in [1.807, 2.05) is 30.5 Å². The van der Waals surface area contributed by atoms with Crippen molar-refractivity contribution in [2.75, 3.05) is 11.1 Å². The number of nitrogens with one attached hydrogen (secondary N) is 1. The maximum atomic E-state index is 12.4. The van der Waals surface area contributed by atoms with Crippen molar-refractivity contribution in [1.82, 2.24) is 14.8 Å². The molecule has 0 radical (unpaired) electrons. The van der Waals surface area contributed by atoms with Crippen LogP contribution in [0, 0.1) is 13.8 Å². The molecule has 6 heteroatoms. The SMILES string of the molecule is C=CCn1c(C)nnc1SCC(=O)Nc1c(C)cccc1C(C)C. The number of allylic oxidation sites excluding steroid dienone is 1. The highest BCUT2D eigenvalue weighted by atomic mass is 32.2. The smallest absolute Gasteiger partial charge is 0.234 e. The number of anilines is 1. The lowest BCUT2D eigenvalue weighted by molar-refractivity contribution is -0.113. The molecule has 0 bridgehead atoms. The summed E-state index contributed by atoms with van der Waals surface area (Å²) in [5.74, 6) is 1.42. The molecule has 0 aliphatic carbocycles. The molecule has 0 atom stereocenters. The standard InChI is InChI=1S/C18H24N4OS/c1-6-10-22-14(5)20-21-18(22)24-11-16(23)19-17-13(4)8-7-9-15(17)12(2)3/h6-9,12H,1,10-11H2,2-5H3,(H,19,23). The Balaban J connectivity index is 2.06. The van der Waals surface area contributed by atoms with Gasteiger partial charge in [0, 0.05) is 12.2 Å². The van der Waals surface area contributed by atoms with Crippen molar-refractivity contribution in [3.05, 3.63) is 47.8 Å². The molecule has 1 aromatic heterocycles. The number of para-hydroxylation sites is 1. The lowest BCUT2D eigenvalue weighted by Gasteiger charge is -2.16. The summed E-state index contributed by atoms with van der Waals surface area (Å²) < 4.78 is 1.94. The fraction of sp³-hybridized carbons (Fsp3) is 0.389. The molecule has 128 valence electrons. The van der Waals surface area contributed by atoms with E-state index >= 15 is 0 Å². The first-order valence-corrected chi connectivity index (χ1v) is 8.95. The summed E-state index contributed by atoms with van der Waals surface area (Å²) >= 11 is 1.38. The van der Waals surface area contributed by atoms with E-state index in [-0.39, 0.29) is 5.91 Å². The molecule has 0 spiro atoms. The summed E-state index contributed by atoms with van der Waals surface area (Å²) in [7, 11) is 0. The van der Waals surface area contributed by atoms with Crippen LogP contribution in [-0.4, -0.2) is 26.4 Å². The molecule has 24 heavy (non-hydrogen) atoms. The zero-order valence-electron chi connectivity index (χ0n) is 14.7. The predicted octanol–water partition coefficient (Wildman–Crippen LogP) is 3.94. The van der Waals surface area contributed by atoms with Gasteiger partial charge >= 0.3 is 0 Å². The summed E-state index contributed by atoms with van der Waals surface area (Å²) in [5.41, 5.74) is 3.14. The molecule has 2 rings (SSSR count). The first-order valence-electron chi connectivity index (χ1n) is 7.97. The second-order valence-electron chi connectivity index (χ2n) is 5.96. The van der Waals surface area contributed by atoms with Gasteiger partial charge < -0.3 is 9.88 Å². The van der Waals surface area contributed by atoms with Crippen molar-refractivity contribution >= 4 is 23.4 Å². The third-order valence-corrected chi connectivity index (χ3v) is 4.70. The third kappa shape index (κ3) is 4.26. The number of aryl methyl sites for hydroxylation is 2. The number of carbonyl (C=O) groups is 1. The summed E-state index contributed by atoms with van der Waals surface area (Å²) in [4.78, 5) is 12.4. The second-order valence-corrected chi connectivity index (χ2v) is 6.90. The molecule has 0 saturated heterocycles. The summed E-state index contributed by atoms with van der Waals surface area (Å²) in [5, 5.41) is 12.0. The molecular formula is C18H24N4OS. The normalized spacial score (nSPS) is 10.9. The van der Waals surface area contributed by atoms with Crippen molar-refractivity contribution in [2.45, 2.75) is 45.3 Å². The van der Waals surface area contributed by atoms with Crippen molar-refractivity contribution in [1.29, 1.82) is 0 Å². The van der Waals surface area contributed by atoms with E-state index in [4.69, 9.17) is 0 Å². The lowest BCUT2D eigenvalue weighted by atomic mass is 9.98. The number of carbonyl (C=O) groups excluding carboxylic acids is 1. The van der Waals surface area contributed by atoms with Crippen molar-refractivity contribution in [3.8, 4) is 0 Å². The molecule has 1 aromatic carbocycles. The fourth-order valence-electron chi connectivity index (χ4n) is 2.46. The highest BCUT2D eigenvalue weighted by Gasteiger charge is 2.14. The van der Waals surface area contributed by atoms with Crippen LogP contribution in [0.4, 0.5) is 5.69 Å². The van der Waals surface area contributed by atoms with E-state index in [0.717, 1.165) is 27.8 Å². The van der Waals surface area contributed by atoms with Crippen LogP contribution < -0.4 is 5.32 Å². The Labute approximate surface area is 147 Å². The summed E-state index contributed by atoms with van der Waals surface area (Å²) in [6, 6.07) is 6.10. The zero-order valence-corrected chi connectivity index (χ0v) is 15.5. The fourth-order valence-corrected chi connectivity index (χ4v) is 3.25. The van der Waals surface area contributed by atoms with Crippen LogP contribution in [-0.2, 0) is 11.3 Å². The van der Waals surface area contributed by atoms with Gasteiger partial charge in [0.1, 0.15) is 5.82 Å². The van der Waals surface area contributed by atoms with Gasteiger partial charge in [-0.1, -0.05) is 49.9 Å². The monoisotopic (exact) mass is 344 g/mol. The molecule has 1 amide bonds. The van der Waals surface area contributed by atoms with Crippen LogP contribution in [0.15, 0.2) is 36.0 Å². The maximum absolute atomic E-state index is 12.4. The Morgan fingerprint density at radius 1 is 1.38 bits per heavy atom. The van der Waals surface area contributed by atoms with E-state index in [9.17, 15) is 4.79 Å². The van der Waals surface area contributed by atoms with Crippen LogP contribution in [0.5, 0.6) is 0 Å². The molecule has 5 nitrogen and oxygen atoms in total. The van der Waals surface area contributed by atoms with E-state index in [1.165, 1.54) is 11.8 Å². The Kier molecular flexibility index (Phi) is 6.20. The number of rotatable bonds is 7. The largest absolute Gasteiger partial charge is 0.325 e. The molecule has 0 fully saturated rings. The van der Waals surface area contributed by atoms with Gasteiger partial charge in [0.15, 0.2) is 5.16 Å². The molecule has 0 aliphatic rings. The van der Waals surface area contributed by atoms with Gasteiger partial charge in [0.25, 0.3) is 0 Å². The number of hydrogen-bond donors (Lipinski definition) is 1. The number of thioether (sulfide) groups is 1. The summed E-state index contributed by atoms with van der Waals surface area (Å²) in [6.45, 7) is 12.5. The predicted molar refractivity (Wildman–Crippen MR) is 99.6 cm³/mol. The minimum atomic E-state index is -0.0398. The van der Waals surface area contributed by atoms with Crippen LogP contribution in [0.25, 0.3) is 0 Å². The Bertz CT molecular complexity index is 737. The minimum absolute atomic E-state index is 0.0398. The van der Waals surface area contributed by atoms with Gasteiger partial charge in [-0.25, -0.2) is 0 Å². The average Bonchev–Trinajstić information content (AvgIpc) is 2.88. The topological polar surface area (TPSA) is 59.8 Å². The van der Waals surface area contributed by atoms with E-state index in [2.05, 4.69) is 42.0 Å². The highest BCUT2D eigenvalue weighted by molar-refractivity contribution is 7.99. The van der Waals surface area contributed by atoms with Gasteiger partial charge in [-0.3, -0.25) is 4.79 Å². The third-order valence-electron chi connectivity index (χ3n) is 3.74. The van der Waals surface area contributed by atoms with Crippen LogP contribution >= 0.6 is 11.8 Å². The minimum Gasteiger partial charge on any atom is -0.325 e. The lowest BCUT2D eigenvalue weighted by Crippen LogP contribution is -2.17. The first-order chi connectivity index (χ1) is 11.4. The summed E-state index contributed by atoms with van der Waals surface area (Å²) in [6.07, 6.45) is 1.79. The van der Waals surface area contributed by atoms with Gasteiger partial charge in [0.2, 0.25) is 5.91 Å². The van der Waals surface area contributed by atoms with Crippen molar-refractivity contribution in [3.63, 3.8) is 0 Å². The Morgan fingerprint density at radius 3 is 2.79 bits per heavy atom. The van der Waals surface area contributed by atoms with Gasteiger partial charge in [-0.05, 0) is 30.9 Å². The van der Waals surface area contributed by atoms with Crippen LogP contribution in [0.2, 0.25) is 0 Å². The van der Waals surface area contributed by atoms with E-state index in [0.29, 0.717) is 18.2 Å². The number of nitrogens with zero attached hydrogens (tertiary/aromatic N) is 3. The average molecular weight is 344 g/mol. The molecule has 0 unspecified atom stereocenters. The van der Waals surface area contributed by atoms with Gasteiger partial charge in [0.05, 0.1) is 5.75 Å². The Hall–Kier alpha value is -2.08. The highest BCUT2D eigenvalue weighted by Crippen LogP contribution is 2.27. The van der Waals surface area contributed by atoms with E-state index < -0.39 is 0 Å². The van der Waals surface area contributed by atoms with Gasteiger partial charge in [-0.2, -0.15) is 0 Å². The van der Waals surface area contributed by atoms with Gasteiger partial charge in [-0.15, -0.1) is 16.8 Å². The first kappa shape index (κ1) is 18.3. The molecule has 1 N–H and O–H groups in total. The molecule has 1 heterocycles. The zero-order chi connectivity index (χ0) is 17.7. The molecule has 2 aromatic rings. The second kappa shape index (κ2) is 8.15. The number of amides is 1. The number of aromatic nitrogens is 3. The quantitative estimate of drug-likeness (QED) is 0.610. The molecular weight excluding hydrogens is 320 g/mol. The van der Waals surface area contributed by atoms with Crippen molar-refractivity contribution < 1.29 is 4.79 Å². The number of benzene rings is 1. The van der Waals surface area contributed by atoms with E-state index in [1.54, 1.807) is 6.08 Å². The molecule has 0 aliphatic heterocycles. The van der Waals surface area contributed by atoms with Crippen LogP contribution in [0.3, 0.4) is 0 Å². The van der Waals surface area contributed by atoms with Crippen molar-refractivity contribution in [2.24, 2.45) is 0 Å². The maximum Gasteiger partial charge on any atom is 0.234 e. The number of hydrogen-bond acceptors (Lipinski definition) is 4.